The monoisotopic (exact) mass is 438 g/mol. The molecule has 2 heterocycles. The fraction of sp³-hybridized carbons (Fsp3) is 0.222. The molecule has 1 aromatic heterocycles. The number of carbonyl (C=O) groups excluding carboxylic acids is 1. The summed E-state index contributed by atoms with van der Waals surface area (Å²) in [5.74, 6) is 0.471. The topological polar surface area (TPSA) is 58.6 Å². The first kappa shape index (κ1) is 20.9. The minimum Gasteiger partial charge on any atom is -0.465 e. The lowest BCUT2D eigenvalue weighted by molar-refractivity contribution is 0.0601. The average Bonchev–Trinajstić information content (AvgIpc) is 2.88. The van der Waals surface area contributed by atoms with E-state index in [0.29, 0.717) is 11.1 Å². The first-order valence-electron chi connectivity index (χ1n) is 11.1. The highest BCUT2D eigenvalue weighted by Gasteiger charge is 2.23. The Labute approximate surface area is 193 Å². The molecule has 0 bridgehead atoms. The standard InChI is InChI=1S/C27H26N4O2/c1-19-8-11-22(12-9-19)30-14-16-31(17-15-30)26-25(20-6-4-3-5-7-20)28-23-13-10-21(27(32)33-2)18-24(23)29-26/h3-13,18H,14-17H2,1-2H3. The predicted molar refractivity (Wildman–Crippen MR) is 132 cm³/mol. The molecule has 33 heavy (non-hydrogen) atoms. The summed E-state index contributed by atoms with van der Waals surface area (Å²) >= 11 is 0. The van der Waals surface area contributed by atoms with E-state index in [1.807, 2.05) is 24.3 Å². The van der Waals surface area contributed by atoms with E-state index in [1.165, 1.54) is 18.4 Å². The number of aryl methyl sites for hydroxylation is 1. The van der Waals surface area contributed by atoms with Gasteiger partial charge in [-0.25, -0.2) is 14.8 Å². The van der Waals surface area contributed by atoms with Crippen LogP contribution < -0.4 is 9.80 Å². The van der Waals surface area contributed by atoms with Gasteiger partial charge in [0.1, 0.15) is 5.69 Å². The maximum absolute atomic E-state index is 12.0. The van der Waals surface area contributed by atoms with Gasteiger partial charge in [0.2, 0.25) is 0 Å². The third kappa shape index (κ3) is 4.24. The largest absolute Gasteiger partial charge is 0.465 e. The Balaban J connectivity index is 1.51. The second kappa shape index (κ2) is 8.90. The molecule has 0 amide bonds. The molecule has 1 saturated heterocycles. The van der Waals surface area contributed by atoms with E-state index < -0.39 is 0 Å². The lowest BCUT2D eigenvalue weighted by atomic mass is 10.1. The van der Waals surface area contributed by atoms with Crippen LogP contribution in [0.5, 0.6) is 0 Å². The van der Waals surface area contributed by atoms with Crippen molar-refractivity contribution in [1.29, 1.82) is 0 Å². The first-order chi connectivity index (χ1) is 16.1. The van der Waals surface area contributed by atoms with Crippen LogP contribution in [0.15, 0.2) is 72.8 Å². The normalized spacial score (nSPS) is 13.9. The Morgan fingerprint density at radius 2 is 1.52 bits per heavy atom. The fourth-order valence-electron chi connectivity index (χ4n) is 4.23. The Hall–Kier alpha value is -3.93. The van der Waals surface area contributed by atoms with Crippen molar-refractivity contribution in [3.63, 3.8) is 0 Å². The van der Waals surface area contributed by atoms with Gasteiger partial charge in [0.05, 0.1) is 23.7 Å². The van der Waals surface area contributed by atoms with Gasteiger partial charge in [-0.3, -0.25) is 0 Å². The van der Waals surface area contributed by atoms with Gasteiger partial charge >= 0.3 is 5.97 Å². The molecule has 0 spiro atoms. The van der Waals surface area contributed by atoms with Crippen LogP contribution in [-0.2, 0) is 4.74 Å². The van der Waals surface area contributed by atoms with Crippen molar-refractivity contribution >= 4 is 28.5 Å². The van der Waals surface area contributed by atoms with Gasteiger partial charge in [-0.05, 0) is 37.3 Å². The molecule has 0 unspecified atom stereocenters. The summed E-state index contributed by atoms with van der Waals surface area (Å²) < 4.78 is 4.88. The van der Waals surface area contributed by atoms with Gasteiger partial charge in [0.25, 0.3) is 0 Å². The molecule has 0 radical (unpaired) electrons. The number of ether oxygens (including phenoxy) is 1. The third-order valence-corrected chi connectivity index (χ3v) is 6.09. The molecule has 0 atom stereocenters. The Kier molecular flexibility index (Phi) is 5.65. The van der Waals surface area contributed by atoms with Crippen LogP contribution in [-0.4, -0.2) is 49.2 Å². The van der Waals surface area contributed by atoms with Crippen molar-refractivity contribution in [1.82, 2.24) is 9.97 Å². The number of esters is 1. The molecule has 0 aliphatic carbocycles. The summed E-state index contributed by atoms with van der Waals surface area (Å²) in [6.07, 6.45) is 0. The molecule has 3 aromatic carbocycles. The molecule has 1 aliphatic rings. The molecule has 0 N–H and O–H groups in total. The van der Waals surface area contributed by atoms with E-state index in [-0.39, 0.29) is 5.97 Å². The fourth-order valence-corrected chi connectivity index (χ4v) is 4.23. The van der Waals surface area contributed by atoms with Gasteiger partial charge < -0.3 is 14.5 Å². The van der Waals surface area contributed by atoms with Crippen molar-refractivity contribution in [3.05, 3.63) is 83.9 Å². The van der Waals surface area contributed by atoms with Crippen LogP contribution >= 0.6 is 0 Å². The third-order valence-electron chi connectivity index (χ3n) is 6.09. The molecule has 6 heteroatoms. The molecule has 166 valence electrons. The molecule has 4 aromatic rings. The van der Waals surface area contributed by atoms with E-state index in [9.17, 15) is 4.79 Å². The smallest absolute Gasteiger partial charge is 0.337 e. The number of fused-ring (bicyclic) bond motifs is 1. The quantitative estimate of drug-likeness (QED) is 0.430. The second-order valence-electron chi connectivity index (χ2n) is 8.27. The van der Waals surface area contributed by atoms with Crippen LogP contribution in [0.25, 0.3) is 22.3 Å². The van der Waals surface area contributed by atoms with Crippen molar-refractivity contribution in [2.45, 2.75) is 6.92 Å². The number of aromatic nitrogens is 2. The van der Waals surface area contributed by atoms with Crippen molar-refractivity contribution in [3.8, 4) is 11.3 Å². The number of carbonyl (C=O) groups is 1. The highest BCUT2D eigenvalue weighted by Crippen LogP contribution is 2.31. The number of hydrogen-bond acceptors (Lipinski definition) is 6. The number of rotatable bonds is 4. The number of piperazine rings is 1. The average molecular weight is 439 g/mol. The molecule has 0 saturated carbocycles. The molecular formula is C27H26N4O2. The number of anilines is 2. The number of benzene rings is 3. The van der Waals surface area contributed by atoms with Crippen LogP contribution in [0.3, 0.4) is 0 Å². The predicted octanol–water partition coefficient (Wildman–Crippen LogP) is 4.72. The van der Waals surface area contributed by atoms with Crippen LogP contribution in [0.2, 0.25) is 0 Å². The summed E-state index contributed by atoms with van der Waals surface area (Å²) in [4.78, 5) is 26.7. The summed E-state index contributed by atoms with van der Waals surface area (Å²) in [6, 6.07) is 24.2. The number of methoxy groups -OCH3 is 1. The Morgan fingerprint density at radius 1 is 0.818 bits per heavy atom. The highest BCUT2D eigenvalue weighted by atomic mass is 16.5. The van der Waals surface area contributed by atoms with Crippen LogP contribution in [0, 0.1) is 6.92 Å². The van der Waals surface area contributed by atoms with E-state index in [2.05, 4.69) is 53.1 Å². The zero-order valence-corrected chi connectivity index (χ0v) is 18.9. The zero-order chi connectivity index (χ0) is 22.8. The van der Waals surface area contributed by atoms with Gasteiger partial charge in [-0.1, -0.05) is 48.0 Å². The van der Waals surface area contributed by atoms with Gasteiger partial charge in [-0.2, -0.15) is 0 Å². The molecule has 1 fully saturated rings. The summed E-state index contributed by atoms with van der Waals surface area (Å²) in [5.41, 5.74) is 6.31. The Morgan fingerprint density at radius 3 is 2.21 bits per heavy atom. The van der Waals surface area contributed by atoms with Crippen LogP contribution in [0.1, 0.15) is 15.9 Å². The van der Waals surface area contributed by atoms with Crippen molar-refractivity contribution < 1.29 is 9.53 Å². The van der Waals surface area contributed by atoms with Gasteiger partial charge in [0.15, 0.2) is 5.82 Å². The first-order valence-corrected chi connectivity index (χ1v) is 11.1. The van der Waals surface area contributed by atoms with Crippen molar-refractivity contribution in [2.75, 3.05) is 43.1 Å². The van der Waals surface area contributed by atoms with Gasteiger partial charge in [-0.15, -0.1) is 0 Å². The van der Waals surface area contributed by atoms with Crippen LogP contribution in [0.4, 0.5) is 11.5 Å². The summed E-state index contributed by atoms with van der Waals surface area (Å²) in [7, 11) is 1.38. The molecule has 6 nitrogen and oxygen atoms in total. The summed E-state index contributed by atoms with van der Waals surface area (Å²) in [5, 5.41) is 0. The number of hydrogen-bond donors (Lipinski definition) is 0. The van der Waals surface area contributed by atoms with E-state index >= 15 is 0 Å². The molecule has 1 aliphatic heterocycles. The minimum atomic E-state index is -0.376. The highest BCUT2D eigenvalue weighted by molar-refractivity contribution is 5.94. The number of nitrogens with zero attached hydrogens (tertiary/aromatic N) is 4. The SMILES string of the molecule is COC(=O)c1ccc2nc(-c3ccccc3)c(N3CCN(c4ccc(C)cc4)CC3)nc2c1. The van der Waals surface area contributed by atoms with Gasteiger partial charge in [0, 0.05) is 37.4 Å². The molecular weight excluding hydrogens is 412 g/mol. The maximum Gasteiger partial charge on any atom is 0.337 e. The van der Waals surface area contributed by atoms with E-state index in [0.717, 1.165) is 48.8 Å². The summed E-state index contributed by atoms with van der Waals surface area (Å²) in [6.45, 7) is 5.59. The zero-order valence-electron chi connectivity index (χ0n) is 18.9. The minimum absolute atomic E-state index is 0.376. The Bertz CT molecular complexity index is 1280. The lowest BCUT2D eigenvalue weighted by Gasteiger charge is -2.37. The second-order valence-corrected chi connectivity index (χ2v) is 8.27. The van der Waals surface area contributed by atoms with E-state index in [4.69, 9.17) is 14.7 Å². The molecule has 5 rings (SSSR count). The lowest BCUT2D eigenvalue weighted by Crippen LogP contribution is -2.47. The van der Waals surface area contributed by atoms with Crippen molar-refractivity contribution in [2.24, 2.45) is 0 Å². The van der Waals surface area contributed by atoms with E-state index in [1.54, 1.807) is 12.1 Å². The maximum atomic E-state index is 12.0.